The van der Waals surface area contributed by atoms with E-state index < -0.39 is 6.04 Å². The summed E-state index contributed by atoms with van der Waals surface area (Å²) in [4.78, 5) is 17.6. The van der Waals surface area contributed by atoms with Crippen LogP contribution in [0.1, 0.15) is 57.6 Å². The number of nitrogens with zero attached hydrogens (tertiary/aromatic N) is 3. The molecule has 2 heterocycles. The van der Waals surface area contributed by atoms with Gasteiger partial charge >= 0.3 is 5.97 Å². The highest BCUT2D eigenvalue weighted by Crippen LogP contribution is 2.39. The summed E-state index contributed by atoms with van der Waals surface area (Å²) in [7, 11) is 1.60. The Morgan fingerprint density at radius 2 is 2.03 bits per heavy atom. The molecule has 1 aliphatic heterocycles. The predicted molar refractivity (Wildman–Crippen MR) is 112 cm³/mol. The highest BCUT2D eigenvalue weighted by molar-refractivity contribution is 5.92. The highest BCUT2D eigenvalue weighted by Gasteiger charge is 2.36. The van der Waals surface area contributed by atoms with E-state index >= 15 is 0 Å². The van der Waals surface area contributed by atoms with Crippen LogP contribution >= 0.6 is 0 Å². The first-order valence-electron chi connectivity index (χ1n) is 10.5. The lowest BCUT2D eigenvalue weighted by Crippen LogP contribution is -2.32. The topological polar surface area (TPSA) is 87.5 Å². The second kappa shape index (κ2) is 8.77. The summed E-state index contributed by atoms with van der Waals surface area (Å²) in [5.74, 6) is 1.53. The minimum atomic E-state index is -0.468. The molecule has 160 valence electrons. The van der Waals surface area contributed by atoms with Gasteiger partial charge in [-0.2, -0.15) is 10.1 Å². The van der Waals surface area contributed by atoms with E-state index in [9.17, 15) is 4.79 Å². The summed E-state index contributed by atoms with van der Waals surface area (Å²) in [5.41, 5.74) is 2.09. The second-order valence-corrected chi connectivity index (χ2v) is 7.60. The molecular weight excluding hydrogens is 384 g/mol. The maximum absolute atomic E-state index is 13.3. The Bertz CT molecular complexity index is 946. The van der Waals surface area contributed by atoms with E-state index in [1.165, 1.54) is 12.7 Å². The Balaban J connectivity index is 1.72. The molecule has 0 bridgehead atoms. The Morgan fingerprint density at radius 1 is 1.23 bits per heavy atom. The first-order chi connectivity index (χ1) is 14.6. The van der Waals surface area contributed by atoms with E-state index in [-0.39, 0.29) is 12.1 Å². The van der Waals surface area contributed by atoms with Crippen LogP contribution in [0.15, 0.2) is 35.8 Å². The molecule has 1 unspecified atom stereocenters. The zero-order valence-corrected chi connectivity index (χ0v) is 17.7. The third-order valence-electron chi connectivity index (χ3n) is 5.64. The molecule has 1 aromatic heterocycles. The van der Waals surface area contributed by atoms with Crippen molar-refractivity contribution in [3.63, 3.8) is 0 Å². The molecule has 0 radical (unpaired) electrons. The maximum Gasteiger partial charge on any atom is 0.338 e. The van der Waals surface area contributed by atoms with Crippen molar-refractivity contribution in [3.8, 4) is 11.5 Å². The third-order valence-corrected chi connectivity index (χ3v) is 5.64. The van der Waals surface area contributed by atoms with Crippen LogP contribution in [-0.4, -0.2) is 40.6 Å². The van der Waals surface area contributed by atoms with E-state index in [2.05, 4.69) is 15.4 Å². The Morgan fingerprint density at radius 3 is 2.77 bits per heavy atom. The number of ether oxygens (including phenoxy) is 3. The number of fused-ring (bicyclic) bond motifs is 1. The van der Waals surface area contributed by atoms with E-state index in [0.29, 0.717) is 35.3 Å². The van der Waals surface area contributed by atoms with E-state index in [1.54, 1.807) is 11.8 Å². The van der Waals surface area contributed by atoms with Crippen molar-refractivity contribution in [2.45, 2.75) is 58.1 Å². The van der Waals surface area contributed by atoms with Crippen molar-refractivity contribution in [2.24, 2.45) is 0 Å². The first kappa shape index (κ1) is 20.3. The van der Waals surface area contributed by atoms with Crippen LogP contribution in [0.3, 0.4) is 0 Å². The summed E-state index contributed by atoms with van der Waals surface area (Å²) >= 11 is 0. The third kappa shape index (κ3) is 3.86. The number of esters is 1. The largest absolute Gasteiger partial charge is 0.493 e. The summed E-state index contributed by atoms with van der Waals surface area (Å²) in [6.07, 6.45) is 6.68. The molecule has 1 aliphatic carbocycles. The van der Waals surface area contributed by atoms with Gasteiger partial charge < -0.3 is 19.5 Å². The number of benzene rings is 1. The molecule has 0 saturated heterocycles. The zero-order chi connectivity index (χ0) is 21.1. The molecule has 0 spiro atoms. The molecular formula is C22H28N4O4. The minimum Gasteiger partial charge on any atom is -0.493 e. The van der Waals surface area contributed by atoms with E-state index in [1.807, 2.05) is 32.0 Å². The van der Waals surface area contributed by atoms with Gasteiger partial charge in [0.05, 0.1) is 19.3 Å². The van der Waals surface area contributed by atoms with Gasteiger partial charge in [-0.05, 0) is 57.2 Å². The number of hydrogen-bond acceptors (Lipinski definition) is 7. The number of hydrogen-bond donors (Lipinski definition) is 1. The number of methoxy groups -OCH3 is 1. The molecule has 2 aromatic rings. The van der Waals surface area contributed by atoms with Crippen LogP contribution in [0, 0.1) is 0 Å². The number of carbonyl (C=O) groups is 1. The van der Waals surface area contributed by atoms with Crippen LogP contribution < -0.4 is 14.8 Å². The molecule has 30 heavy (non-hydrogen) atoms. The Hall–Kier alpha value is -3.03. The fourth-order valence-electron chi connectivity index (χ4n) is 4.19. The lowest BCUT2D eigenvalue weighted by atomic mass is 9.94. The van der Waals surface area contributed by atoms with Crippen molar-refractivity contribution < 1.29 is 19.0 Å². The fraction of sp³-hybridized carbons (Fsp3) is 0.500. The number of allylic oxidation sites excluding steroid dienone is 1. The van der Waals surface area contributed by atoms with E-state index in [4.69, 9.17) is 14.2 Å². The zero-order valence-electron chi connectivity index (χ0n) is 17.7. The van der Waals surface area contributed by atoms with Gasteiger partial charge in [0.15, 0.2) is 11.5 Å². The molecule has 1 atom stereocenters. The molecule has 1 aromatic carbocycles. The first-order valence-corrected chi connectivity index (χ1v) is 10.5. The summed E-state index contributed by atoms with van der Waals surface area (Å²) in [6, 6.07) is 5.20. The molecule has 1 fully saturated rings. The van der Waals surface area contributed by atoms with Crippen molar-refractivity contribution in [1.82, 2.24) is 14.8 Å². The lowest BCUT2D eigenvalue weighted by molar-refractivity contribution is -0.146. The summed E-state index contributed by atoms with van der Waals surface area (Å²) < 4.78 is 18.8. The van der Waals surface area contributed by atoms with Crippen LogP contribution in [0.5, 0.6) is 11.5 Å². The minimum absolute atomic E-state index is 0.0285. The predicted octanol–water partition coefficient (Wildman–Crippen LogP) is 3.85. The lowest BCUT2D eigenvalue weighted by Gasteiger charge is -2.30. The van der Waals surface area contributed by atoms with Gasteiger partial charge in [-0.1, -0.05) is 12.5 Å². The van der Waals surface area contributed by atoms with Crippen LogP contribution in [0.25, 0.3) is 0 Å². The SMILES string of the molecule is CCOc1ccc(C2C(C(=O)OC3CCCCC3)=C(C)Nc3ncnn32)cc1OC. The molecule has 1 saturated carbocycles. The Kier molecular flexibility index (Phi) is 5.92. The van der Waals surface area contributed by atoms with Gasteiger partial charge in [0.1, 0.15) is 18.5 Å². The van der Waals surface area contributed by atoms with E-state index in [0.717, 1.165) is 31.2 Å². The quantitative estimate of drug-likeness (QED) is 0.721. The molecule has 1 N–H and O–H groups in total. The number of nitrogens with one attached hydrogen (secondary N) is 1. The number of carbonyl (C=O) groups excluding carboxylic acids is 1. The molecule has 4 rings (SSSR count). The van der Waals surface area contributed by atoms with Gasteiger partial charge in [-0.3, -0.25) is 0 Å². The second-order valence-electron chi connectivity index (χ2n) is 7.60. The Labute approximate surface area is 176 Å². The van der Waals surface area contributed by atoms with Gasteiger partial charge in [0.2, 0.25) is 5.95 Å². The van der Waals surface area contributed by atoms with Crippen molar-refractivity contribution >= 4 is 11.9 Å². The standard InChI is InChI=1S/C22H28N4O4/c1-4-29-17-11-10-15(12-18(17)28-3)20-19(14(2)25-22-23-13-24-26(20)22)21(27)30-16-8-6-5-7-9-16/h10-13,16,20H,4-9H2,1-3H3,(H,23,24,25). The monoisotopic (exact) mass is 412 g/mol. The van der Waals surface area contributed by atoms with Crippen molar-refractivity contribution in [3.05, 3.63) is 41.4 Å². The normalized spacial score (nSPS) is 19.1. The highest BCUT2D eigenvalue weighted by atomic mass is 16.5. The average Bonchev–Trinajstić information content (AvgIpc) is 3.22. The number of anilines is 1. The van der Waals surface area contributed by atoms with Gasteiger partial charge in [0, 0.05) is 5.70 Å². The van der Waals surface area contributed by atoms with Crippen LogP contribution in [0.4, 0.5) is 5.95 Å². The van der Waals surface area contributed by atoms with Gasteiger partial charge in [0.25, 0.3) is 0 Å². The molecule has 0 amide bonds. The van der Waals surface area contributed by atoms with Crippen LogP contribution in [-0.2, 0) is 9.53 Å². The van der Waals surface area contributed by atoms with Crippen molar-refractivity contribution in [2.75, 3.05) is 19.0 Å². The number of aromatic nitrogens is 3. The van der Waals surface area contributed by atoms with Crippen LogP contribution in [0.2, 0.25) is 0 Å². The summed E-state index contributed by atoms with van der Waals surface area (Å²) in [5, 5.41) is 7.55. The smallest absolute Gasteiger partial charge is 0.338 e. The van der Waals surface area contributed by atoms with Gasteiger partial charge in [-0.25, -0.2) is 9.48 Å². The molecule has 8 nitrogen and oxygen atoms in total. The van der Waals surface area contributed by atoms with Crippen molar-refractivity contribution in [1.29, 1.82) is 0 Å². The maximum atomic E-state index is 13.3. The number of rotatable bonds is 6. The average molecular weight is 412 g/mol. The van der Waals surface area contributed by atoms with Gasteiger partial charge in [-0.15, -0.1) is 0 Å². The molecule has 8 heteroatoms. The molecule has 2 aliphatic rings. The summed E-state index contributed by atoms with van der Waals surface area (Å²) in [6.45, 7) is 4.33. The fourth-order valence-corrected chi connectivity index (χ4v) is 4.19.